The van der Waals surface area contributed by atoms with Gasteiger partial charge in [-0.2, -0.15) is 5.10 Å². The molecule has 0 saturated carbocycles. The highest BCUT2D eigenvalue weighted by Crippen LogP contribution is 2.23. The van der Waals surface area contributed by atoms with Crippen LogP contribution in [0.5, 0.6) is 0 Å². The number of sulfonamides is 1. The minimum atomic E-state index is -3.15. The lowest BCUT2D eigenvalue weighted by Gasteiger charge is -2.32. The Labute approximate surface area is 144 Å². The lowest BCUT2D eigenvalue weighted by Crippen LogP contribution is -2.47. The zero-order valence-corrected chi connectivity index (χ0v) is 15.4. The number of nitrogens with zero attached hydrogens (tertiary/aromatic N) is 3. The van der Waals surface area contributed by atoms with Gasteiger partial charge in [0.2, 0.25) is 10.0 Å². The van der Waals surface area contributed by atoms with Gasteiger partial charge < -0.3 is 4.74 Å². The van der Waals surface area contributed by atoms with Crippen LogP contribution in [0, 0.1) is 0 Å². The van der Waals surface area contributed by atoms with E-state index in [0.717, 1.165) is 57.7 Å². The lowest BCUT2D eigenvalue weighted by molar-refractivity contribution is 0.107. The van der Waals surface area contributed by atoms with E-state index in [1.165, 1.54) is 11.3 Å². The number of rotatable bonds is 6. The first-order valence-corrected chi connectivity index (χ1v) is 10.5. The maximum atomic E-state index is 11.8. The van der Waals surface area contributed by atoms with Crippen molar-refractivity contribution in [2.75, 3.05) is 25.4 Å². The quantitative estimate of drug-likeness (QED) is 0.819. The van der Waals surface area contributed by atoms with Crippen molar-refractivity contribution < 1.29 is 13.2 Å². The molecule has 0 spiro atoms. The average molecular weight is 356 g/mol. The van der Waals surface area contributed by atoms with E-state index in [1.807, 2.05) is 0 Å². The fourth-order valence-electron chi connectivity index (χ4n) is 3.61. The van der Waals surface area contributed by atoms with E-state index < -0.39 is 10.0 Å². The van der Waals surface area contributed by atoms with Gasteiger partial charge in [0.25, 0.3) is 0 Å². The summed E-state index contributed by atoms with van der Waals surface area (Å²) in [7, 11) is -3.15. The number of hydrogen-bond acceptors (Lipinski definition) is 5. The second-order valence-corrected chi connectivity index (χ2v) is 8.63. The number of likely N-dealkylation sites (tertiary alicyclic amines) is 1. The highest BCUT2D eigenvalue weighted by atomic mass is 32.2. The molecule has 1 N–H and O–H groups in total. The van der Waals surface area contributed by atoms with Crippen LogP contribution in [0.15, 0.2) is 0 Å². The average Bonchev–Trinajstić information content (AvgIpc) is 2.93. The summed E-state index contributed by atoms with van der Waals surface area (Å²) in [6.07, 6.45) is 2.83. The first-order valence-electron chi connectivity index (χ1n) is 8.90. The molecule has 7 nitrogen and oxygen atoms in total. The van der Waals surface area contributed by atoms with Crippen LogP contribution in [0.3, 0.4) is 0 Å². The molecule has 0 aliphatic carbocycles. The Morgan fingerprint density at radius 2 is 2.21 bits per heavy atom. The Hall–Kier alpha value is -0.960. The predicted molar refractivity (Wildman–Crippen MR) is 92.2 cm³/mol. The van der Waals surface area contributed by atoms with E-state index in [2.05, 4.69) is 21.2 Å². The van der Waals surface area contributed by atoms with Crippen LogP contribution in [0.2, 0.25) is 0 Å². The van der Waals surface area contributed by atoms with Gasteiger partial charge >= 0.3 is 0 Å². The van der Waals surface area contributed by atoms with Gasteiger partial charge in [-0.1, -0.05) is 0 Å². The van der Waals surface area contributed by atoms with Gasteiger partial charge in [-0.25, -0.2) is 13.1 Å². The van der Waals surface area contributed by atoms with Gasteiger partial charge in [0.15, 0.2) is 0 Å². The summed E-state index contributed by atoms with van der Waals surface area (Å²) in [4.78, 5) is 2.31. The first kappa shape index (κ1) is 17.8. The molecule has 136 valence electrons. The monoisotopic (exact) mass is 356 g/mol. The van der Waals surface area contributed by atoms with E-state index in [-0.39, 0.29) is 11.8 Å². The molecule has 1 atom stereocenters. The van der Waals surface area contributed by atoms with Gasteiger partial charge in [-0.15, -0.1) is 0 Å². The third-order valence-electron chi connectivity index (χ3n) is 4.88. The van der Waals surface area contributed by atoms with Crippen molar-refractivity contribution in [2.24, 2.45) is 0 Å². The first-order chi connectivity index (χ1) is 11.5. The Bertz CT molecular complexity index is 671. The van der Waals surface area contributed by atoms with Gasteiger partial charge in [-0.3, -0.25) is 9.58 Å². The summed E-state index contributed by atoms with van der Waals surface area (Å²) in [6, 6.07) is 0.00374. The second kappa shape index (κ2) is 7.51. The number of nitrogens with one attached hydrogen (secondary N) is 1. The molecular weight excluding hydrogens is 328 g/mol. The zero-order chi connectivity index (χ0) is 17.2. The summed E-state index contributed by atoms with van der Waals surface area (Å²) in [5.74, 6) is 0.134. The summed E-state index contributed by atoms with van der Waals surface area (Å²) in [6.45, 7) is 8.57. The van der Waals surface area contributed by atoms with Crippen molar-refractivity contribution in [1.82, 2.24) is 19.4 Å². The second-order valence-electron chi connectivity index (χ2n) is 6.59. The van der Waals surface area contributed by atoms with Crippen LogP contribution in [-0.4, -0.2) is 54.6 Å². The molecule has 0 aromatic carbocycles. The number of ether oxygens (including phenoxy) is 1. The third kappa shape index (κ3) is 3.99. The summed E-state index contributed by atoms with van der Waals surface area (Å²) in [5.41, 5.74) is 3.63. The van der Waals surface area contributed by atoms with Gasteiger partial charge in [-0.05, 0) is 33.2 Å². The largest absolute Gasteiger partial charge is 0.376 e. The molecule has 3 rings (SSSR count). The molecule has 0 radical (unpaired) electrons. The zero-order valence-electron chi connectivity index (χ0n) is 14.6. The Morgan fingerprint density at radius 3 is 2.96 bits per heavy atom. The highest BCUT2D eigenvalue weighted by Gasteiger charge is 2.26. The molecule has 1 aromatic rings. The maximum Gasteiger partial charge on any atom is 0.211 e. The number of aryl methyl sites for hydroxylation is 1. The van der Waals surface area contributed by atoms with Gasteiger partial charge in [0.05, 0.1) is 24.7 Å². The van der Waals surface area contributed by atoms with E-state index >= 15 is 0 Å². The van der Waals surface area contributed by atoms with Crippen molar-refractivity contribution in [1.29, 1.82) is 0 Å². The number of aromatic nitrogens is 2. The topological polar surface area (TPSA) is 76.5 Å². The molecule has 2 aliphatic heterocycles. The molecule has 1 saturated heterocycles. The number of hydrogen-bond donors (Lipinski definition) is 1. The molecule has 1 aromatic heterocycles. The Balaban J connectivity index is 1.69. The van der Waals surface area contributed by atoms with Crippen LogP contribution in [0.1, 0.15) is 43.6 Å². The van der Waals surface area contributed by atoms with Crippen molar-refractivity contribution >= 4 is 10.0 Å². The van der Waals surface area contributed by atoms with Crippen molar-refractivity contribution in [2.45, 2.75) is 58.8 Å². The van der Waals surface area contributed by atoms with Crippen LogP contribution >= 0.6 is 0 Å². The molecule has 3 heterocycles. The molecule has 24 heavy (non-hydrogen) atoms. The van der Waals surface area contributed by atoms with Crippen molar-refractivity contribution in [3.8, 4) is 0 Å². The Kier molecular flexibility index (Phi) is 5.59. The lowest BCUT2D eigenvalue weighted by atomic mass is 10.0. The highest BCUT2D eigenvalue weighted by molar-refractivity contribution is 7.89. The molecule has 2 aliphatic rings. The molecular formula is C16H28N4O3S. The minimum absolute atomic E-state index is 0.00374. The SMILES string of the molecule is CCn1nc(CN2CCCC(NS(=O)(=O)CC)C2)c2c1CCOC2. The van der Waals surface area contributed by atoms with Crippen LogP contribution in [0.4, 0.5) is 0 Å². The summed E-state index contributed by atoms with van der Waals surface area (Å²) in [5, 5.41) is 4.78. The van der Waals surface area contributed by atoms with E-state index in [0.29, 0.717) is 6.61 Å². The summed E-state index contributed by atoms with van der Waals surface area (Å²) >= 11 is 0. The molecule has 8 heteroatoms. The smallest absolute Gasteiger partial charge is 0.211 e. The maximum absolute atomic E-state index is 11.8. The van der Waals surface area contributed by atoms with Crippen LogP contribution in [-0.2, 0) is 40.9 Å². The van der Waals surface area contributed by atoms with E-state index in [4.69, 9.17) is 9.84 Å². The summed E-state index contributed by atoms with van der Waals surface area (Å²) < 4.78 is 34.1. The third-order valence-corrected chi connectivity index (χ3v) is 6.34. The van der Waals surface area contributed by atoms with Crippen LogP contribution < -0.4 is 4.72 Å². The predicted octanol–water partition coefficient (Wildman–Crippen LogP) is 0.879. The van der Waals surface area contributed by atoms with Crippen LogP contribution in [0.25, 0.3) is 0 Å². The van der Waals surface area contributed by atoms with Crippen molar-refractivity contribution in [3.63, 3.8) is 0 Å². The molecule has 0 bridgehead atoms. The molecule has 1 fully saturated rings. The van der Waals surface area contributed by atoms with E-state index in [9.17, 15) is 8.42 Å². The standard InChI is InChI=1S/C16H28N4O3S/c1-3-20-16-7-9-23-12-14(16)15(17-20)11-19-8-5-6-13(10-19)18-24(21,22)4-2/h13,18H,3-12H2,1-2H3. The van der Waals surface area contributed by atoms with Gasteiger partial charge in [0, 0.05) is 43.4 Å². The van der Waals surface area contributed by atoms with Gasteiger partial charge in [0.1, 0.15) is 0 Å². The van der Waals surface area contributed by atoms with E-state index in [1.54, 1.807) is 6.92 Å². The number of piperidine rings is 1. The molecule has 0 amide bonds. The fourth-order valence-corrected chi connectivity index (χ4v) is 4.48. The molecule has 1 unspecified atom stereocenters. The van der Waals surface area contributed by atoms with Crippen molar-refractivity contribution in [3.05, 3.63) is 17.0 Å². The Morgan fingerprint density at radius 1 is 1.38 bits per heavy atom. The minimum Gasteiger partial charge on any atom is -0.376 e. The normalized spacial score (nSPS) is 22.5. The fraction of sp³-hybridized carbons (Fsp3) is 0.812. The number of fused-ring (bicyclic) bond motifs is 1.